The minimum atomic E-state index is -0.468. The Morgan fingerprint density at radius 3 is 0.950 bits per heavy atom. The van der Waals surface area contributed by atoms with Gasteiger partial charge in [0.15, 0.2) is 0 Å². The Hall–Kier alpha value is -2.20. The monoisotopic (exact) mass is 296 g/mol. The van der Waals surface area contributed by atoms with Crippen LogP contribution in [0.2, 0.25) is 0 Å². The van der Waals surface area contributed by atoms with Gasteiger partial charge in [-0.3, -0.25) is 19.2 Å². The van der Waals surface area contributed by atoms with Crippen LogP contribution in [0.15, 0.2) is 0 Å². The van der Waals surface area contributed by atoms with Crippen LogP contribution in [-0.4, -0.2) is 37.1 Å². The van der Waals surface area contributed by atoms with Crippen molar-refractivity contribution in [1.82, 2.24) is 0 Å². The number of ether oxygens (including phenoxy) is 2. The van der Waals surface area contributed by atoms with Crippen LogP contribution >= 0.6 is 0 Å². The summed E-state index contributed by atoms with van der Waals surface area (Å²) in [5.74, 6) is 6.97. The number of esters is 2. The van der Waals surface area contributed by atoms with E-state index >= 15 is 0 Å². The van der Waals surface area contributed by atoms with Crippen LogP contribution < -0.4 is 11.8 Å². The minimum absolute atomic E-state index is 0.134. The van der Waals surface area contributed by atoms with E-state index in [9.17, 15) is 19.2 Å². The van der Waals surface area contributed by atoms with Gasteiger partial charge in [0.2, 0.25) is 0 Å². The molecule has 0 aliphatic carbocycles. The maximum Gasteiger partial charge on any atom is 0.321 e. The Balaban J connectivity index is -0.000000244. The molecule has 0 bridgehead atoms. The highest BCUT2D eigenvalue weighted by Crippen LogP contribution is 1.79. The van der Waals surface area contributed by atoms with Crippen molar-refractivity contribution in [2.24, 2.45) is 11.8 Å². The second-order valence-electron chi connectivity index (χ2n) is 2.90. The summed E-state index contributed by atoms with van der Waals surface area (Å²) in [7, 11) is 0. The van der Waals surface area contributed by atoms with Gasteiger partial charge in [-0.1, -0.05) is 0 Å². The maximum absolute atomic E-state index is 10.1. The fourth-order valence-corrected chi connectivity index (χ4v) is 0.371. The molecule has 0 fully saturated rings. The average Bonchev–Trinajstić information content (AvgIpc) is 2.35. The number of hydrogen-bond acceptors (Lipinski definition) is 10. The van der Waals surface area contributed by atoms with Gasteiger partial charge in [-0.25, -0.2) is 0 Å². The van der Waals surface area contributed by atoms with Crippen molar-refractivity contribution in [1.29, 1.82) is 0 Å². The molecule has 118 valence electrons. The van der Waals surface area contributed by atoms with Crippen LogP contribution in [0.4, 0.5) is 0 Å². The number of carbonyl (C=O) groups is 4. The maximum atomic E-state index is 10.1. The number of hydrogen-bond donors (Lipinski definition) is 2. The van der Waals surface area contributed by atoms with Gasteiger partial charge in [0.1, 0.15) is 13.2 Å². The van der Waals surface area contributed by atoms with E-state index in [1.165, 1.54) is 27.7 Å². The summed E-state index contributed by atoms with van der Waals surface area (Å²) in [6.45, 7) is 5.34. The van der Waals surface area contributed by atoms with Crippen molar-refractivity contribution in [2.75, 3.05) is 13.2 Å². The van der Waals surface area contributed by atoms with E-state index in [1.807, 2.05) is 0 Å². The van der Waals surface area contributed by atoms with E-state index in [0.717, 1.165) is 0 Å². The zero-order valence-electron chi connectivity index (χ0n) is 11.8. The molecule has 0 radical (unpaired) electrons. The predicted molar refractivity (Wildman–Crippen MR) is 65.2 cm³/mol. The predicted octanol–water partition coefficient (Wildman–Crippen LogP) is -1.04. The summed E-state index contributed by atoms with van der Waals surface area (Å²) in [6, 6.07) is 0. The number of rotatable bonds is 3. The SMILES string of the molecule is CC(=O)OCCOC(C)=O.CC(=O)ON.CC(=O)ON. The molecule has 0 saturated heterocycles. The molecule has 10 nitrogen and oxygen atoms in total. The lowest BCUT2D eigenvalue weighted by Gasteiger charge is -2.00. The Morgan fingerprint density at radius 1 is 0.650 bits per heavy atom. The van der Waals surface area contributed by atoms with Gasteiger partial charge < -0.3 is 19.1 Å². The molecule has 0 spiro atoms. The Kier molecular flexibility index (Phi) is 19.3. The van der Waals surface area contributed by atoms with Gasteiger partial charge in [-0.05, 0) is 0 Å². The van der Waals surface area contributed by atoms with Gasteiger partial charge in [-0.15, -0.1) is 0 Å². The highest BCUT2D eigenvalue weighted by atomic mass is 16.7. The zero-order valence-corrected chi connectivity index (χ0v) is 11.8. The van der Waals surface area contributed by atoms with E-state index < -0.39 is 11.9 Å². The van der Waals surface area contributed by atoms with E-state index in [-0.39, 0.29) is 25.2 Å². The van der Waals surface area contributed by atoms with Crippen LogP contribution in [0.3, 0.4) is 0 Å². The summed E-state index contributed by atoms with van der Waals surface area (Å²) in [6.07, 6.45) is 0. The quantitative estimate of drug-likeness (QED) is 0.374. The molecule has 4 N–H and O–H groups in total. The minimum Gasteiger partial charge on any atom is -0.462 e. The van der Waals surface area contributed by atoms with Crippen molar-refractivity contribution in [3.05, 3.63) is 0 Å². The third-order valence-electron chi connectivity index (χ3n) is 1.03. The number of carbonyl (C=O) groups excluding carboxylic acids is 4. The van der Waals surface area contributed by atoms with Crippen molar-refractivity contribution in [3.8, 4) is 0 Å². The molecule has 0 aliphatic rings. The van der Waals surface area contributed by atoms with Gasteiger partial charge in [0.05, 0.1) is 0 Å². The second-order valence-corrected chi connectivity index (χ2v) is 2.90. The van der Waals surface area contributed by atoms with Crippen molar-refractivity contribution in [3.63, 3.8) is 0 Å². The molecule has 0 aromatic rings. The lowest BCUT2D eigenvalue weighted by Crippen LogP contribution is -2.09. The van der Waals surface area contributed by atoms with Crippen molar-refractivity contribution >= 4 is 23.9 Å². The first kappa shape index (κ1) is 22.9. The molecule has 0 saturated carbocycles. The van der Waals surface area contributed by atoms with Crippen LogP contribution in [0.25, 0.3) is 0 Å². The summed E-state index contributed by atoms with van der Waals surface area (Å²) < 4.78 is 8.95. The van der Waals surface area contributed by atoms with Gasteiger partial charge >= 0.3 is 23.9 Å². The Bertz CT molecular complexity index is 276. The molecule has 0 aromatic carbocycles. The molecule has 0 amide bonds. The summed E-state index contributed by atoms with van der Waals surface area (Å²) in [4.78, 5) is 46.4. The lowest BCUT2D eigenvalue weighted by molar-refractivity contribution is -0.149. The molecule has 0 heterocycles. The highest BCUT2D eigenvalue weighted by molar-refractivity contribution is 5.66. The molecule has 0 unspecified atom stereocenters. The van der Waals surface area contributed by atoms with E-state index in [0.29, 0.717) is 0 Å². The lowest BCUT2D eigenvalue weighted by atomic mass is 10.7. The van der Waals surface area contributed by atoms with Crippen molar-refractivity contribution < 1.29 is 38.3 Å². The summed E-state index contributed by atoms with van der Waals surface area (Å²) >= 11 is 0. The molecule has 10 heteroatoms. The van der Waals surface area contributed by atoms with Crippen LogP contribution in [0.1, 0.15) is 27.7 Å². The summed E-state index contributed by atoms with van der Waals surface area (Å²) in [5, 5.41) is 0. The highest BCUT2D eigenvalue weighted by Gasteiger charge is 1.94. The third kappa shape index (κ3) is 44.7. The second kappa shape index (κ2) is 16.8. The Morgan fingerprint density at radius 2 is 0.850 bits per heavy atom. The van der Waals surface area contributed by atoms with Crippen molar-refractivity contribution in [2.45, 2.75) is 27.7 Å². The van der Waals surface area contributed by atoms with Crippen LogP contribution in [0, 0.1) is 0 Å². The fraction of sp³-hybridized carbons (Fsp3) is 0.600. The molecule has 0 rings (SSSR count). The molecule has 0 aliphatic heterocycles. The molecular formula is C10H20N2O8. The van der Waals surface area contributed by atoms with Gasteiger partial charge in [0.25, 0.3) is 0 Å². The smallest absolute Gasteiger partial charge is 0.321 e. The first-order chi connectivity index (χ1) is 9.17. The van der Waals surface area contributed by atoms with Crippen LogP contribution in [-0.2, 0) is 38.3 Å². The molecule has 0 atom stereocenters. The largest absolute Gasteiger partial charge is 0.462 e. The zero-order chi connectivity index (χ0) is 16.6. The van der Waals surface area contributed by atoms with E-state index in [1.54, 1.807) is 0 Å². The summed E-state index contributed by atoms with van der Waals surface area (Å²) in [5.41, 5.74) is 0. The average molecular weight is 296 g/mol. The molecule has 0 aromatic heterocycles. The topological polar surface area (TPSA) is 157 Å². The standard InChI is InChI=1S/C6H10O4.2C2H5NO2/c1-5(7)9-3-4-10-6(2)8;2*1-2(4)5-3/h3-4H2,1-2H3;2*3H2,1H3. The van der Waals surface area contributed by atoms with E-state index in [2.05, 4.69) is 30.9 Å². The fourth-order valence-electron chi connectivity index (χ4n) is 0.371. The Labute approximate surface area is 116 Å². The first-order valence-corrected chi connectivity index (χ1v) is 5.18. The molecular weight excluding hydrogens is 276 g/mol. The van der Waals surface area contributed by atoms with Gasteiger partial charge in [0, 0.05) is 27.7 Å². The van der Waals surface area contributed by atoms with E-state index in [4.69, 9.17) is 0 Å². The third-order valence-corrected chi connectivity index (χ3v) is 1.03. The first-order valence-electron chi connectivity index (χ1n) is 5.18. The van der Waals surface area contributed by atoms with Crippen LogP contribution in [0.5, 0.6) is 0 Å². The normalized spacial score (nSPS) is 7.70. The van der Waals surface area contributed by atoms with Gasteiger partial charge in [-0.2, -0.15) is 11.8 Å². The number of nitrogens with two attached hydrogens (primary N) is 2. The molecule has 20 heavy (non-hydrogen) atoms.